The highest BCUT2D eigenvalue weighted by atomic mass is 19.4. The van der Waals surface area contributed by atoms with Crippen LogP contribution in [0.4, 0.5) is 13.2 Å². The molecule has 5 heteroatoms. The lowest BCUT2D eigenvalue weighted by molar-refractivity contribution is -0.146. The van der Waals surface area contributed by atoms with E-state index in [1.807, 2.05) is 0 Å². The molecule has 0 bridgehead atoms. The van der Waals surface area contributed by atoms with Crippen molar-refractivity contribution in [2.75, 3.05) is 26.7 Å². The number of hydrogen-bond acceptors (Lipinski definition) is 2. The van der Waals surface area contributed by atoms with Gasteiger partial charge in [0.25, 0.3) is 0 Å². The Morgan fingerprint density at radius 3 is 2.20 bits per heavy atom. The van der Waals surface area contributed by atoms with E-state index in [0.29, 0.717) is 6.54 Å². The van der Waals surface area contributed by atoms with E-state index in [0.717, 1.165) is 25.7 Å². The summed E-state index contributed by atoms with van der Waals surface area (Å²) in [5, 5.41) is 9.26. The maximum Gasteiger partial charge on any atom is 0.401 e. The smallest absolute Gasteiger partial charge is 0.396 e. The Labute approximate surface area is 88.1 Å². The van der Waals surface area contributed by atoms with Crippen molar-refractivity contribution < 1.29 is 18.3 Å². The second kappa shape index (κ2) is 4.70. The van der Waals surface area contributed by atoms with E-state index in [2.05, 4.69) is 0 Å². The molecule has 1 rings (SSSR count). The number of alkyl halides is 3. The Morgan fingerprint density at radius 1 is 1.27 bits per heavy atom. The van der Waals surface area contributed by atoms with Crippen molar-refractivity contribution in [1.82, 2.24) is 4.90 Å². The third-order valence-electron chi connectivity index (χ3n) is 3.05. The predicted molar refractivity (Wildman–Crippen MR) is 51.5 cm³/mol. The Bertz CT molecular complexity index is 199. The zero-order valence-corrected chi connectivity index (χ0v) is 8.98. The largest absolute Gasteiger partial charge is 0.401 e. The van der Waals surface area contributed by atoms with Gasteiger partial charge in [-0.3, -0.25) is 4.90 Å². The van der Waals surface area contributed by atoms with Gasteiger partial charge in [0.15, 0.2) is 0 Å². The summed E-state index contributed by atoms with van der Waals surface area (Å²) < 4.78 is 36.3. The summed E-state index contributed by atoms with van der Waals surface area (Å²) in [6.45, 7) is -0.563. The van der Waals surface area contributed by atoms with Gasteiger partial charge in [-0.2, -0.15) is 13.2 Å². The molecule has 0 aliphatic heterocycles. The molecule has 90 valence electrons. The lowest BCUT2D eigenvalue weighted by atomic mass is 9.87. The van der Waals surface area contributed by atoms with Gasteiger partial charge in [0.05, 0.1) is 6.54 Å². The van der Waals surface area contributed by atoms with Gasteiger partial charge < -0.3 is 5.11 Å². The van der Waals surface area contributed by atoms with Gasteiger partial charge in [0.1, 0.15) is 0 Å². The zero-order chi connectivity index (χ0) is 11.5. The highest BCUT2D eigenvalue weighted by molar-refractivity contribution is 4.86. The number of nitrogens with zero attached hydrogens (tertiary/aromatic N) is 1. The average molecular weight is 225 g/mol. The summed E-state index contributed by atoms with van der Waals surface area (Å²) in [6, 6.07) is 0. The fraction of sp³-hybridized carbons (Fsp3) is 1.00. The summed E-state index contributed by atoms with van der Waals surface area (Å²) in [7, 11) is 1.46. The van der Waals surface area contributed by atoms with Crippen LogP contribution in [0, 0.1) is 5.41 Å². The van der Waals surface area contributed by atoms with E-state index in [4.69, 9.17) is 0 Å². The molecule has 1 aliphatic rings. The van der Waals surface area contributed by atoms with Crippen molar-refractivity contribution in [1.29, 1.82) is 0 Å². The van der Waals surface area contributed by atoms with Crippen LogP contribution in [0.5, 0.6) is 0 Å². The number of rotatable bonds is 4. The van der Waals surface area contributed by atoms with Gasteiger partial charge in [-0.25, -0.2) is 0 Å². The molecule has 2 nitrogen and oxygen atoms in total. The van der Waals surface area contributed by atoms with Crippen LogP contribution >= 0.6 is 0 Å². The first-order valence-corrected chi connectivity index (χ1v) is 5.23. The molecular weight excluding hydrogens is 207 g/mol. The van der Waals surface area contributed by atoms with Gasteiger partial charge in [-0.1, -0.05) is 12.8 Å². The molecule has 0 aromatic carbocycles. The minimum absolute atomic E-state index is 0.00476. The molecule has 0 amide bonds. The Morgan fingerprint density at radius 2 is 1.80 bits per heavy atom. The standard InChI is InChI=1S/C10H18F3NO/c1-14(7-10(11,12)13)6-9(8-15)4-2-3-5-9/h15H,2-8H2,1H3. The van der Waals surface area contributed by atoms with Gasteiger partial charge >= 0.3 is 6.18 Å². The van der Waals surface area contributed by atoms with Crippen LogP contribution in [-0.2, 0) is 0 Å². The molecule has 1 fully saturated rings. The first-order valence-electron chi connectivity index (χ1n) is 5.23. The second-order valence-corrected chi connectivity index (χ2v) is 4.65. The summed E-state index contributed by atoms with van der Waals surface area (Å²) in [4.78, 5) is 1.27. The highest BCUT2D eigenvalue weighted by Crippen LogP contribution is 2.38. The number of halogens is 3. The molecule has 1 N–H and O–H groups in total. The molecule has 0 atom stereocenters. The van der Waals surface area contributed by atoms with Crippen LogP contribution < -0.4 is 0 Å². The lowest BCUT2D eigenvalue weighted by Crippen LogP contribution is -2.40. The van der Waals surface area contributed by atoms with E-state index in [9.17, 15) is 18.3 Å². The van der Waals surface area contributed by atoms with Crippen molar-refractivity contribution in [2.24, 2.45) is 5.41 Å². The third kappa shape index (κ3) is 3.99. The maximum atomic E-state index is 12.1. The van der Waals surface area contributed by atoms with E-state index in [1.54, 1.807) is 0 Å². The predicted octanol–water partition coefficient (Wildman–Crippen LogP) is 2.03. The molecule has 0 heterocycles. The molecule has 0 saturated heterocycles. The minimum Gasteiger partial charge on any atom is -0.396 e. The van der Waals surface area contributed by atoms with Gasteiger partial charge in [-0.15, -0.1) is 0 Å². The summed E-state index contributed by atoms with van der Waals surface area (Å²) in [5.74, 6) is 0. The van der Waals surface area contributed by atoms with Gasteiger partial charge in [-0.05, 0) is 19.9 Å². The minimum atomic E-state index is -4.15. The Hall–Kier alpha value is -0.290. The normalized spacial score (nSPS) is 21.2. The molecule has 0 spiro atoms. The molecule has 1 aliphatic carbocycles. The molecule has 0 unspecified atom stereocenters. The highest BCUT2D eigenvalue weighted by Gasteiger charge is 2.37. The van der Waals surface area contributed by atoms with Crippen LogP contribution in [0.2, 0.25) is 0 Å². The molecule has 0 radical (unpaired) electrons. The van der Waals surface area contributed by atoms with Crippen LogP contribution in [0.15, 0.2) is 0 Å². The molecular formula is C10H18F3NO. The second-order valence-electron chi connectivity index (χ2n) is 4.65. The molecule has 15 heavy (non-hydrogen) atoms. The van der Waals surface area contributed by atoms with E-state index in [1.165, 1.54) is 11.9 Å². The average Bonchev–Trinajstić information content (AvgIpc) is 2.50. The van der Waals surface area contributed by atoms with Gasteiger partial charge in [0, 0.05) is 18.6 Å². The van der Waals surface area contributed by atoms with E-state index < -0.39 is 12.7 Å². The van der Waals surface area contributed by atoms with E-state index >= 15 is 0 Å². The number of hydrogen-bond donors (Lipinski definition) is 1. The first-order chi connectivity index (χ1) is 6.87. The van der Waals surface area contributed by atoms with Crippen molar-refractivity contribution in [3.63, 3.8) is 0 Å². The SMILES string of the molecule is CN(CC(F)(F)F)CC1(CO)CCCC1. The Balaban J connectivity index is 2.45. The zero-order valence-electron chi connectivity index (χ0n) is 8.98. The summed E-state index contributed by atoms with van der Waals surface area (Å²) >= 11 is 0. The lowest BCUT2D eigenvalue weighted by Gasteiger charge is -2.32. The van der Waals surface area contributed by atoms with Crippen LogP contribution in [0.1, 0.15) is 25.7 Å². The molecule has 1 saturated carbocycles. The van der Waals surface area contributed by atoms with Crippen molar-refractivity contribution in [2.45, 2.75) is 31.9 Å². The summed E-state index contributed by atoms with van der Waals surface area (Å²) in [5.41, 5.74) is -0.292. The van der Waals surface area contributed by atoms with E-state index in [-0.39, 0.29) is 12.0 Å². The van der Waals surface area contributed by atoms with Crippen molar-refractivity contribution in [3.05, 3.63) is 0 Å². The fourth-order valence-electron chi connectivity index (χ4n) is 2.43. The molecule has 0 aromatic heterocycles. The first kappa shape index (κ1) is 12.8. The topological polar surface area (TPSA) is 23.5 Å². The number of aliphatic hydroxyl groups excluding tert-OH is 1. The third-order valence-corrected chi connectivity index (χ3v) is 3.05. The fourth-order valence-corrected chi connectivity index (χ4v) is 2.43. The molecule has 0 aromatic rings. The van der Waals surface area contributed by atoms with Crippen LogP contribution in [0.3, 0.4) is 0 Å². The van der Waals surface area contributed by atoms with Crippen LogP contribution in [0.25, 0.3) is 0 Å². The van der Waals surface area contributed by atoms with Gasteiger partial charge in [0.2, 0.25) is 0 Å². The maximum absolute atomic E-state index is 12.1. The van der Waals surface area contributed by atoms with Crippen LogP contribution in [-0.4, -0.2) is 42.9 Å². The van der Waals surface area contributed by atoms with Crippen molar-refractivity contribution in [3.8, 4) is 0 Å². The summed E-state index contributed by atoms with van der Waals surface area (Å²) in [6.07, 6.45) is -0.442. The quantitative estimate of drug-likeness (QED) is 0.791. The number of aliphatic hydroxyl groups is 1. The Kier molecular flexibility index (Phi) is 4.00. The monoisotopic (exact) mass is 225 g/mol. The van der Waals surface area contributed by atoms with Crippen molar-refractivity contribution >= 4 is 0 Å².